The molecule has 5 aromatic rings. The molecule has 0 aliphatic rings. The van der Waals surface area contributed by atoms with Gasteiger partial charge in [0.1, 0.15) is 22.1 Å². The van der Waals surface area contributed by atoms with Gasteiger partial charge in [0.25, 0.3) is 0 Å². The summed E-state index contributed by atoms with van der Waals surface area (Å²) in [5.41, 5.74) is 5.31. The Morgan fingerprint density at radius 1 is 0.667 bits per heavy atom. The average molecular weight is 670 g/mol. The van der Waals surface area contributed by atoms with Crippen LogP contribution < -0.4 is 15.4 Å². The lowest BCUT2D eigenvalue weighted by atomic mass is 10.2. The Labute approximate surface area is 280 Å². The largest absolute Gasteiger partial charge is 0.473 e. The number of pyridine rings is 2. The lowest BCUT2D eigenvalue weighted by molar-refractivity contribution is 0.293. The van der Waals surface area contributed by atoms with Gasteiger partial charge < -0.3 is 24.5 Å². The lowest BCUT2D eigenvalue weighted by Crippen LogP contribution is -2.16. The molecule has 0 saturated carbocycles. The zero-order valence-corrected chi connectivity index (χ0v) is 27.9. The van der Waals surface area contributed by atoms with Crippen molar-refractivity contribution in [3.05, 3.63) is 123 Å². The second-order valence-electron chi connectivity index (χ2n) is 10.6. The molecule has 0 atom stereocenters. The predicted octanol–water partition coefficient (Wildman–Crippen LogP) is 7.07. The van der Waals surface area contributed by atoms with Gasteiger partial charge in [-0.25, -0.2) is 19.9 Å². The average Bonchev–Trinajstić information content (AvgIpc) is 3.63. The summed E-state index contributed by atoms with van der Waals surface area (Å²) in [5, 5.41) is 8.09. The highest BCUT2D eigenvalue weighted by Gasteiger charge is 2.04. The van der Waals surface area contributed by atoms with Crippen LogP contribution in [0.3, 0.4) is 0 Å². The zero-order valence-electron chi connectivity index (χ0n) is 25.6. The Morgan fingerprint density at radius 3 is 1.69 bits per heavy atom. The molecule has 0 aliphatic heterocycles. The van der Waals surface area contributed by atoms with Gasteiger partial charge in [-0.05, 0) is 74.7 Å². The van der Waals surface area contributed by atoms with Gasteiger partial charge in [-0.1, -0.05) is 65.1 Å². The summed E-state index contributed by atoms with van der Waals surface area (Å²) in [5.74, 6) is 0.548. The van der Waals surface area contributed by atoms with Crippen molar-refractivity contribution >= 4 is 34.8 Å². The Morgan fingerprint density at radius 2 is 1.18 bits per heavy atom. The van der Waals surface area contributed by atoms with Crippen LogP contribution in [-0.2, 0) is 32.8 Å². The molecule has 4 aromatic heterocycles. The second kappa shape index (κ2) is 18.5. The van der Waals surface area contributed by atoms with E-state index in [4.69, 9.17) is 39.5 Å². The van der Waals surface area contributed by atoms with E-state index in [2.05, 4.69) is 45.9 Å². The van der Waals surface area contributed by atoms with Crippen molar-refractivity contribution in [2.75, 3.05) is 13.1 Å². The van der Waals surface area contributed by atoms with E-state index < -0.39 is 0 Å². The standard InChI is InChI=1S/C20H23ClN4O.C13H16Cl2N4/c1-16-13-25(15-23-16)9-5-8-22-12-18-10-19(21)24-20(11-18)26-14-17-6-3-2-4-7-17;1-10-8-19(9-17-10)4-2-3-16-7-11-5-12(14)18-13(15)6-11/h2-4,6-7,10-11,13,15,22H,5,8-9,12,14H2,1H3;5-6,8-9,16H,2-4,7H2,1H3. The number of hydrogen-bond donors (Lipinski definition) is 2. The van der Waals surface area contributed by atoms with E-state index in [1.807, 2.05) is 87.3 Å². The van der Waals surface area contributed by atoms with Gasteiger partial charge in [0.15, 0.2) is 0 Å². The molecule has 9 nitrogen and oxygen atoms in total. The summed E-state index contributed by atoms with van der Waals surface area (Å²) >= 11 is 17.8. The molecule has 1 aromatic carbocycles. The smallest absolute Gasteiger partial charge is 0.215 e. The first kappa shape index (κ1) is 34.4. The molecule has 12 heteroatoms. The lowest BCUT2D eigenvalue weighted by Gasteiger charge is -2.09. The number of benzene rings is 1. The number of imidazole rings is 2. The number of halogens is 3. The number of ether oxygens (including phenoxy) is 1. The van der Waals surface area contributed by atoms with Gasteiger partial charge in [-0.2, -0.15) is 0 Å². The highest BCUT2D eigenvalue weighted by molar-refractivity contribution is 6.32. The van der Waals surface area contributed by atoms with Crippen molar-refractivity contribution in [1.29, 1.82) is 0 Å². The molecule has 0 aliphatic carbocycles. The summed E-state index contributed by atoms with van der Waals surface area (Å²) in [4.78, 5) is 16.6. The van der Waals surface area contributed by atoms with Crippen LogP contribution in [0.2, 0.25) is 15.5 Å². The SMILES string of the molecule is Cc1cn(CCCNCc2cc(Cl)nc(Cl)c2)cn1.Cc1cn(CCCNCc2cc(Cl)nc(OCc3ccccc3)c2)cn1. The molecule has 5 rings (SSSR count). The van der Waals surface area contributed by atoms with Gasteiger partial charge in [0.05, 0.1) is 24.0 Å². The minimum atomic E-state index is 0.429. The van der Waals surface area contributed by atoms with Crippen molar-refractivity contribution in [3.63, 3.8) is 0 Å². The molecule has 0 saturated heterocycles. The summed E-state index contributed by atoms with van der Waals surface area (Å²) < 4.78 is 9.97. The van der Waals surface area contributed by atoms with E-state index in [0.29, 0.717) is 27.9 Å². The van der Waals surface area contributed by atoms with Crippen LogP contribution in [-0.4, -0.2) is 42.2 Å². The molecule has 0 unspecified atom stereocenters. The Balaban J connectivity index is 0.000000215. The quantitative estimate of drug-likeness (QED) is 0.0910. The number of hydrogen-bond acceptors (Lipinski definition) is 7. The van der Waals surface area contributed by atoms with E-state index in [9.17, 15) is 0 Å². The third-order valence-electron chi connectivity index (χ3n) is 6.61. The maximum Gasteiger partial charge on any atom is 0.215 e. The van der Waals surface area contributed by atoms with Crippen LogP contribution >= 0.6 is 34.8 Å². The van der Waals surface area contributed by atoms with Crippen molar-refractivity contribution in [1.82, 2.24) is 39.7 Å². The summed E-state index contributed by atoms with van der Waals surface area (Å²) in [7, 11) is 0. The topological polar surface area (TPSA) is 94.7 Å². The molecule has 0 radical (unpaired) electrons. The third-order valence-corrected chi connectivity index (χ3v) is 7.19. The fourth-order valence-corrected chi connectivity index (χ4v) is 5.20. The molecular formula is C33H39Cl3N8O. The van der Waals surface area contributed by atoms with Crippen molar-refractivity contribution < 1.29 is 4.74 Å². The number of rotatable bonds is 15. The molecule has 0 bridgehead atoms. The van der Waals surface area contributed by atoms with Gasteiger partial charge in [-0.3, -0.25) is 0 Å². The second-order valence-corrected chi connectivity index (χ2v) is 11.8. The monoisotopic (exact) mass is 668 g/mol. The number of aromatic nitrogens is 6. The summed E-state index contributed by atoms with van der Waals surface area (Å²) in [6.45, 7) is 9.70. The van der Waals surface area contributed by atoms with Gasteiger partial charge in [0.2, 0.25) is 5.88 Å². The minimum Gasteiger partial charge on any atom is -0.473 e. The summed E-state index contributed by atoms with van der Waals surface area (Å²) in [6.07, 6.45) is 9.90. The van der Waals surface area contributed by atoms with Crippen LogP contribution in [0, 0.1) is 13.8 Å². The summed E-state index contributed by atoms with van der Waals surface area (Å²) in [6, 6.07) is 17.4. The normalized spacial score (nSPS) is 10.9. The van der Waals surface area contributed by atoms with E-state index >= 15 is 0 Å². The van der Waals surface area contributed by atoms with Gasteiger partial charge in [0, 0.05) is 44.6 Å². The van der Waals surface area contributed by atoms with Crippen molar-refractivity contribution in [2.45, 2.75) is 59.5 Å². The van der Waals surface area contributed by atoms with E-state index in [-0.39, 0.29) is 0 Å². The maximum atomic E-state index is 6.13. The highest BCUT2D eigenvalue weighted by Crippen LogP contribution is 2.18. The number of nitrogens with one attached hydrogen (secondary N) is 2. The van der Waals surface area contributed by atoms with Crippen LogP contribution in [0.15, 0.2) is 79.6 Å². The fourth-order valence-electron chi connectivity index (χ4n) is 4.47. The van der Waals surface area contributed by atoms with Crippen molar-refractivity contribution in [3.8, 4) is 5.88 Å². The minimum absolute atomic E-state index is 0.429. The van der Waals surface area contributed by atoms with E-state index in [1.165, 1.54) is 0 Å². The molecule has 0 spiro atoms. The van der Waals surface area contributed by atoms with Crippen LogP contribution in [0.4, 0.5) is 0 Å². The Hall–Kier alpha value is -3.47. The fraction of sp³-hybridized carbons (Fsp3) is 0.333. The first-order chi connectivity index (χ1) is 21.8. The van der Waals surface area contributed by atoms with Crippen LogP contribution in [0.25, 0.3) is 0 Å². The first-order valence-corrected chi connectivity index (χ1v) is 16.0. The van der Waals surface area contributed by atoms with Crippen LogP contribution in [0.1, 0.15) is 40.9 Å². The Bertz CT molecular complexity index is 1570. The zero-order chi connectivity index (χ0) is 31.9. The van der Waals surface area contributed by atoms with Gasteiger partial charge in [-0.15, -0.1) is 0 Å². The number of nitrogens with zero attached hydrogens (tertiary/aromatic N) is 6. The van der Waals surface area contributed by atoms with E-state index in [0.717, 1.165) is 80.2 Å². The van der Waals surface area contributed by atoms with Crippen molar-refractivity contribution in [2.24, 2.45) is 0 Å². The predicted molar refractivity (Wildman–Crippen MR) is 181 cm³/mol. The number of aryl methyl sites for hydroxylation is 4. The molecule has 0 amide bonds. The maximum absolute atomic E-state index is 6.13. The molecule has 2 N–H and O–H groups in total. The third kappa shape index (κ3) is 13.2. The Kier molecular flexibility index (Phi) is 14.1. The van der Waals surface area contributed by atoms with Crippen LogP contribution in [0.5, 0.6) is 5.88 Å². The van der Waals surface area contributed by atoms with Gasteiger partial charge >= 0.3 is 0 Å². The molecule has 238 valence electrons. The molecule has 4 heterocycles. The molecule has 45 heavy (non-hydrogen) atoms. The highest BCUT2D eigenvalue weighted by atomic mass is 35.5. The van der Waals surface area contributed by atoms with E-state index in [1.54, 1.807) is 0 Å². The molecule has 0 fully saturated rings. The molecular weight excluding hydrogens is 631 g/mol. The first-order valence-electron chi connectivity index (χ1n) is 14.9.